The minimum absolute atomic E-state index is 0.0912. The fraction of sp³-hybridized carbons (Fsp3) is 0.0714. The maximum atomic E-state index is 13.0. The molecule has 0 unspecified atom stereocenters. The largest absolute Gasteiger partial charge is 0.381 e. The van der Waals surface area contributed by atoms with E-state index in [4.69, 9.17) is 17.3 Å². The van der Waals surface area contributed by atoms with E-state index in [-0.39, 0.29) is 5.02 Å². The molecule has 0 aliphatic heterocycles. The molecule has 6 heteroatoms. The van der Waals surface area contributed by atoms with E-state index in [1.165, 1.54) is 6.07 Å². The number of amides is 2. The van der Waals surface area contributed by atoms with Crippen molar-refractivity contribution in [3.63, 3.8) is 0 Å². The minimum atomic E-state index is -0.618. The van der Waals surface area contributed by atoms with E-state index in [1.807, 2.05) is 6.07 Å². The second-order valence-corrected chi connectivity index (χ2v) is 4.58. The lowest BCUT2D eigenvalue weighted by Gasteiger charge is -2.09. The first-order valence-corrected chi connectivity index (χ1v) is 6.27. The molecule has 104 valence electrons. The molecule has 0 fully saturated rings. The molecule has 2 rings (SSSR count). The van der Waals surface area contributed by atoms with Gasteiger partial charge >= 0.3 is 6.03 Å². The van der Waals surface area contributed by atoms with Crippen LogP contribution in [-0.2, 0) is 6.54 Å². The van der Waals surface area contributed by atoms with Gasteiger partial charge in [-0.3, -0.25) is 0 Å². The number of hydrogen-bond donors (Lipinski definition) is 3. The predicted octanol–water partition coefficient (Wildman–Crippen LogP) is 3.58. The Morgan fingerprint density at radius 1 is 1.20 bits per heavy atom. The highest BCUT2D eigenvalue weighted by atomic mass is 35.5. The molecule has 0 bridgehead atoms. The fourth-order valence-electron chi connectivity index (χ4n) is 1.70. The van der Waals surface area contributed by atoms with Crippen LogP contribution in [0, 0.1) is 5.82 Å². The summed E-state index contributed by atoms with van der Waals surface area (Å²) < 4.78 is 13.0. The fourth-order valence-corrected chi connectivity index (χ4v) is 1.91. The topological polar surface area (TPSA) is 67.2 Å². The van der Waals surface area contributed by atoms with Crippen molar-refractivity contribution in [2.24, 2.45) is 5.73 Å². The van der Waals surface area contributed by atoms with Gasteiger partial charge in [-0.25, -0.2) is 9.18 Å². The lowest BCUT2D eigenvalue weighted by molar-refractivity contribution is 0.259. The summed E-state index contributed by atoms with van der Waals surface area (Å²) in [6, 6.07) is 11.0. The number of carbonyl (C=O) groups excluding carboxylic acids is 1. The van der Waals surface area contributed by atoms with Crippen LogP contribution in [0.1, 0.15) is 5.56 Å². The third-order valence-corrected chi connectivity index (χ3v) is 2.90. The molecule has 0 aliphatic carbocycles. The Labute approximate surface area is 120 Å². The number of hydrogen-bond acceptors (Lipinski definition) is 2. The molecule has 4 nitrogen and oxygen atoms in total. The van der Waals surface area contributed by atoms with Gasteiger partial charge in [-0.05, 0) is 35.9 Å². The number of primary amides is 1. The van der Waals surface area contributed by atoms with E-state index in [2.05, 4.69) is 10.6 Å². The van der Waals surface area contributed by atoms with Crippen LogP contribution >= 0.6 is 11.6 Å². The normalized spacial score (nSPS) is 10.1. The number of rotatable bonds is 4. The number of nitrogens with one attached hydrogen (secondary N) is 2. The zero-order valence-electron chi connectivity index (χ0n) is 10.5. The predicted molar refractivity (Wildman–Crippen MR) is 78.4 cm³/mol. The first kappa shape index (κ1) is 14.1. The summed E-state index contributed by atoms with van der Waals surface area (Å²) in [5.41, 5.74) is 7.30. The molecule has 0 spiro atoms. The number of urea groups is 1. The van der Waals surface area contributed by atoms with Crippen LogP contribution < -0.4 is 16.4 Å². The van der Waals surface area contributed by atoms with Gasteiger partial charge in [-0.15, -0.1) is 0 Å². The molecule has 0 aliphatic rings. The summed E-state index contributed by atoms with van der Waals surface area (Å²) in [5, 5.41) is 5.73. The Morgan fingerprint density at radius 2 is 1.95 bits per heavy atom. The van der Waals surface area contributed by atoms with Gasteiger partial charge in [0, 0.05) is 17.9 Å². The zero-order chi connectivity index (χ0) is 14.5. The molecule has 2 aromatic carbocycles. The van der Waals surface area contributed by atoms with E-state index in [1.54, 1.807) is 30.3 Å². The van der Waals surface area contributed by atoms with Crippen molar-refractivity contribution in [2.75, 3.05) is 10.6 Å². The minimum Gasteiger partial charge on any atom is -0.381 e. The SMILES string of the molecule is NC(=O)Nc1cccc(NCc2ccc(F)c(Cl)c2)c1. The van der Waals surface area contributed by atoms with E-state index < -0.39 is 11.8 Å². The van der Waals surface area contributed by atoms with Gasteiger partial charge in [0.05, 0.1) is 5.02 Å². The van der Waals surface area contributed by atoms with Crippen LogP contribution in [0.15, 0.2) is 42.5 Å². The summed E-state index contributed by atoms with van der Waals surface area (Å²) in [4.78, 5) is 10.8. The van der Waals surface area contributed by atoms with Gasteiger partial charge < -0.3 is 16.4 Å². The number of benzene rings is 2. The van der Waals surface area contributed by atoms with Gasteiger partial charge in [-0.2, -0.15) is 0 Å². The van der Waals surface area contributed by atoms with Gasteiger partial charge in [-0.1, -0.05) is 23.7 Å². The lowest BCUT2D eigenvalue weighted by atomic mass is 10.2. The summed E-state index contributed by atoms with van der Waals surface area (Å²) in [7, 11) is 0. The highest BCUT2D eigenvalue weighted by Gasteiger charge is 2.02. The van der Waals surface area contributed by atoms with Crippen LogP contribution in [0.25, 0.3) is 0 Å². The Kier molecular flexibility index (Phi) is 4.42. The van der Waals surface area contributed by atoms with Gasteiger partial charge in [0.15, 0.2) is 0 Å². The van der Waals surface area contributed by atoms with Gasteiger partial charge in [0.1, 0.15) is 5.82 Å². The zero-order valence-corrected chi connectivity index (χ0v) is 11.2. The molecule has 4 N–H and O–H groups in total. The number of carbonyl (C=O) groups is 1. The van der Waals surface area contributed by atoms with Gasteiger partial charge in [0.2, 0.25) is 0 Å². The molecule has 0 radical (unpaired) electrons. The Balaban J connectivity index is 2.03. The van der Waals surface area contributed by atoms with Gasteiger partial charge in [0.25, 0.3) is 0 Å². The molecule has 20 heavy (non-hydrogen) atoms. The maximum Gasteiger partial charge on any atom is 0.316 e. The molecule has 2 amide bonds. The quantitative estimate of drug-likeness (QED) is 0.806. The smallest absolute Gasteiger partial charge is 0.316 e. The van der Waals surface area contributed by atoms with Crippen LogP contribution in [0.2, 0.25) is 5.02 Å². The van der Waals surface area contributed by atoms with Crippen LogP contribution in [0.5, 0.6) is 0 Å². The molecular formula is C14H13ClFN3O. The monoisotopic (exact) mass is 293 g/mol. The third kappa shape index (κ3) is 3.86. The second-order valence-electron chi connectivity index (χ2n) is 4.17. The standard InChI is InChI=1S/C14H13ClFN3O/c15-12-6-9(4-5-13(12)16)8-18-10-2-1-3-11(7-10)19-14(17)20/h1-7,18H,8H2,(H3,17,19,20). The van der Waals surface area contributed by atoms with Crippen LogP contribution in [-0.4, -0.2) is 6.03 Å². The van der Waals surface area contributed by atoms with Crippen molar-refractivity contribution in [1.29, 1.82) is 0 Å². The van der Waals surface area contributed by atoms with E-state index in [0.717, 1.165) is 11.3 Å². The molecule has 0 aromatic heterocycles. The Hall–Kier alpha value is -2.27. The summed E-state index contributed by atoms with van der Waals surface area (Å²) >= 11 is 5.71. The van der Waals surface area contributed by atoms with Crippen LogP contribution in [0.4, 0.5) is 20.6 Å². The summed E-state index contributed by atoms with van der Waals surface area (Å²) in [5.74, 6) is -0.442. The third-order valence-electron chi connectivity index (χ3n) is 2.61. The second kappa shape index (κ2) is 6.25. The first-order chi connectivity index (χ1) is 9.54. The summed E-state index contributed by atoms with van der Waals surface area (Å²) in [6.45, 7) is 0.486. The molecule has 0 heterocycles. The maximum absolute atomic E-state index is 13.0. The lowest BCUT2D eigenvalue weighted by Crippen LogP contribution is -2.19. The van der Waals surface area contributed by atoms with E-state index in [9.17, 15) is 9.18 Å². The van der Waals surface area contributed by atoms with E-state index >= 15 is 0 Å². The highest BCUT2D eigenvalue weighted by molar-refractivity contribution is 6.30. The molecule has 2 aromatic rings. The number of anilines is 2. The van der Waals surface area contributed by atoms with E-state index in [0.29, 0.717) is 12.2 Å². The van der Waals surface area contributed by atoms with Crippen molar-refractivity contribution in [1.82, 2.24) is 0 Å². The van der Waals surface area contributed by atoms with Crippen molar-refractivity contribution < 1.29 is 9.18 Å². The molecule has 0 saturated carbocycles. The Bertz CT molecular complexity index is 634. The first-order valence-electron chi connectivity index (χ1n) is 5.89. The van der Waals surface area contributed by atoms with Crippen LogP contribution in [0.3, 0.4) is 0 Å². The molecule has 0 saturated heterocycles. The van der Waals surface area contributed by atoms with Crippen molar-refractivity contribution in [2.45, 2.75) is 6.54 Å². The average molecular weight is 294 g/mol. The van der Waals surface area contributed by atoms with Crippen molar-refractivity contribution in [3.05, 3.63) is 58.9 Å². The van der Waals surface area contributed by atoms with Crippen molar-refractivity contribution in [3.8, 4) is 0 Å². The molecular weight excluding hydrogens is 281 g/mol. The summed E-state index contributed by atoms with van der Waals surface area (Å²) in [6.07, 6.45) is 0. The van der Waals surface area contributed by atoms with Crippen molar-refractivity contribution >= 4 is 29.0 Å². The number of nitrogens with two attached hydrogens (primary N) is 1. The molecule has 0 atom stereocenters. The number of halogens is 2. The Morgan fingerprint density at radius 3 is 2.65 bits per heavy atom. The highest BCUT2D eigenvalue weighted by Crippen LogP contribution is 2.19. The average Bonchev–Trinajstić information content (AvgIpc) is 2.40.